The van der Waals surface area contributed by atoms with Gasteiger partial charge in [0.15, 0.2) is 0 Å². The molecule has 0 aliphatic heterocycles. The number of rotatable bonds is 5. The second-order valence-electron chi connectivity index (χ2n) is 4.51. The van der Waals surface area contributed by atoms with Crippen molar-refractivity contribution in [1.82, 2.24) is 14.3 Å². The van der Waals surface area contributed by atoms with Gasteiger partial charge in [-0.2, -0.15) is 4.68 Å². The third-order valence-electron chi connectivity index (χ3n) is 2.94. The van der Waals surface area contributed by atoms with E-state index in [0.29, 0.717) is 17.0 Å². The van der Waals surface area contributed by atoms with Crippen LogP contribution in [0.1, 0.15) is 18.9 Å². The van der Waals surface area contributed by atoms with Crippen LogP contribution in [-0.2, 0) is 16.1 Å². The van der Waals surface area contributed by atoms with Crippen LogP contribution in [0.4, 0.5) is 0 Å². The molecule has 0 fully saturated rings. The Hall–Kier alpha value is -1.89. The molecule has 6 nitrogen and oxygen atoms in total. The minimum absolute atomic E-state index is 0.131. The highest BCUT2D eigenvalue weighted by Gasteiger charge is 2.14. The lowest BCUT2D eigenvalue weighted by Crippen LogP contribution is -2.25. The Kier molecular flexibility index (Phi) is 4.95. The number of benzene rings is 1. The van der Waals surface area contributed by atoms with Crippen LogP contribution in [-0.4, -0.2) is 26.9 Å². The van der Waals surface area contributed by atoms with E-state index in [1.54, 1.807) is 6.92 Å². The summed E-state index contributed by atoms with van der Waals surface area (Å²) in [5, 5.41) is 4.17. The number of carbonyl (C=O) groups is 1. The third-order valence-corrected chi connectivity index (χ3v) is 3.53. The first-order valence-electron chi connectivity index (χ1n) is 6.61. The summed E-state index contributed by atoms with van der Waals surface area (Å²) in [6.45, 7) is 4.28. The molecule has 21 heavy (non-hydrogen) atoms. The van der Waals surface area contributed by atoms with Gasteiger partial charge >= 0.3 is 11.7 Å². The number of aromatic nitrogens is 3. The maximum absolute atomic E-state index is 12.3. The van der Waals surface area contributed by atoms with Gasteiger partial charge in [-0.15, -0.1) is 5.10 Å². The molecular weight excluding hydrogens is 338 g/mol. The minimum Gasteiger partial charge on any atom is -0.466 e. The lowest BCUT2D eigenvalue weighted by molar-refractivity contribution is -0.143. The number of nitrogens with zero attached hydrogens (tertiary/aromatic N) is 3. The summed E-state index contributed by atoms with van der Waals surface area (Å²) in [5.74, 6) is -0.334. The monoisotopic (exact) mass is 353 g/mol. The molecule has 0 amide bonds. The van der Waals surface area contributed by atoms with Gasteiger partial charge in [-0.3, -0.25) is 9.36 Å². The molecule has 0 N–H and O–H groups in total. The summed E-state index contributed by atoms with van der Waals surface area (Å²) >= 11 is 3.25. The van der Waals surface area contributed by atoms with Crippen molar-refractivity contribution in [2.75, 3.05) is 6.61 Å². The molecule has 0 saturated carbocycles. The van der Waals surface area contributed by atoms with Crippen molar-refractivity contribution < 1.29 is 9.53 Å². The summed E-state index contributed by atoms with van der Waals surface area (Å²) < 4.78 is 7.94. The van der Waals surface area contributed by atoms with Gasteiger partial charge < -0.3 is 4.74 Å². The SMILES string of the molecule is CCOC(=O)CCn1c(Br)nn(-c2ccc(C)cc2)c1=O. The summed E-state index contributed by atoms with van der Waals surface area (Å²) in [6, 6.07) is 7.47. The molecule has 1 heterocycles. The van der Waals surface area contributed by atoms with Crippen molar-refractivity contribution in [2.24, 2.45) is 0 Å². The maximum Gasteiger partial charge on any atom is 0.351 e. The van der Waals surface area contributed by atoms with Crippen molar-refractivity contribution >= 4 is 21.9 Å². The highest BCUT2D eigenvalue weighted by atomic mass is 79.9. The van der Waals surface area contributed by atoms with Gasteiger partial charge in [0.1, 0.15) is 0 Å². The van der Waals surface area contributed by atoms with Gasteiger partial charge in [0.2, 0.25) is 4.73 Å². The molecule has 112 valence electrons. The molecule has 2 rings (SSSR count). The zero-order chi connectivity index (χ0) is 15.4. The molecule has 2 aromatic rings. The highest BCUT2D eigenvalue weighted by Crippen LogP contribution is 2.10. The van der Waals surface area contributed by atoms with Gasteiger partial charge in [-0.25, -0.2) is 4.79 Å². The first-order chi connectivity index (χ1) is 10.0. The summed E-state index contributed by atoms with van der Waals surface area (Å²) in [4.78, 5) is 23.7. The molecule has 0 radical (unpaired) electrons. The normalized spacial score (nSPS) is 10.6. The largest absolute Gasteiger partial charge is 0.466 e. The van der Waals surface area contributed by atoms with Crippen LogP contribution in [0.3, 0.4) is 0 Å². The Balaban J connectivity index is 2.23. The fraction of sp³-hybridized carbons (Fsp3) is 0.357. The van der Waals surface area contributed by atoms with Crippen LogP contribution < -0.4 is 5.69 Å². The van der Waals surface area contributed by atoms with Gasteiger partial charge in [0.05, 0.1) is 18.7 Å². The number of ether oxygens (including phenoxy) is 1. The third kappa shape index (κ3) is 3.60. The molecule has 7 heteroatoms. The van der Waals surface area contributed by atoms with E-state index in [1.807, 2.05) is 31.2 Å². The fourth-order valence-electron chi connectivity index (χ4n) is 1.85. The van der Waals surface area contributed by atoms with Crippen molar-refractivity contribution in [3.05, 3.63) is 45.0 Å². The second kappa shape index (κ2) is 6.71. The molecular formula is C14H16BrN3O3. The van der Waals surface area contributed by atoms with Crippen LogP contribution in [0.25, 0.3) is 5.69 Å². The number of esters is 1. The van der Waals surface area contributed by atoms with Gasteiger partial charge in [0, 0.05) is 6.54 Å². The Labute approximate surface area is 130 Å². The van der Waals surface area contributed by atoms with Crippen molar-refractivity contribution in [3.63, 3.8) is 0 Å². The average Bonchev–Trinajstić information content (AvgIpc) is 2.73. The number of hydrogen-bond acceptors (Lipinski definition) is 4. The summed E-state index contributed by atoms with van der Waals surface area (Å²) in [5.41, 5.74) is 1.49. The van der Waals surface area contributed by atoms with Gasteiger partial charge in [0.25, 0.3) is 0 Å². The average molecular weight is 354 g/mol. The van der Waals surface area contributed by atoms with E-state index >= 15 is 0 Å². The first kappa shape index (κ1) is 15.5. The molecule has 0 unspecified atom stereocenters. The quantitative estimate of drug-likeness (QED) is 0.771. The molecule has 0 aliphatic carbocycles. The zero-order valence-electron chi connectivity index (χ0n) is 11.9. The molecule has 0 aliphatic rings. The Morgan fingerprint density at radius 1 is 1.33 bits per heavy atom. The number of hydrogen-bond donors (Lipinski definition) is 0. The summed E-state index contributed by atoms with van der Waals surface area (Å²) in [6.07, 6.45) is 0.131. The van der Waals surface area contributed by atoms with Gasteiger partial charge in [-0.05, 0) is 41.9 Å². The molecule has 1 aromatic carbocycles. The molecule has 1 aromatic heterocycles. The van der Waals surface area contributed by atoms with Crippen LogP contribution in [0, 0.1) is 6.92 Å². The number of carbonyl (C=O) groups excluding carboxylic acids is 1. The molecule has 0 atom stereocenters. The summed E-state index contributed by atoms with van der Waals surface area (Å²) in [7, 11) is 0. The molecule has 0 bridgehead atoms. The predicted octanol–water partition coefficient (Wildman–Crippen LogP) is 2.06. The van der Waals surface area contributed by atoms with Crippen LogP contribution in [0.15, 0.2) is 33.8 Å². The highest BCUT2D eigenvalue weighted by molar-refractivity contribution is 9.10. The van der Waals surface area contributed by atoms with E-state index in [9.17, 15) is 9.59 Å². The van der Waals surface area contributed by atoms with Crippen LogP contribution >= 0.6 is 15.9 Å². The lowest BCUT2D eigenvalue weighted by Gasteiger charge is -2.02. The fourth-order valence-corrected chi connectivity index (χ4v) is 2.34. The standard InChI is InChI=1S/C14H16BrN3O3/c1-3-21-12(19)8-9-17-13(15)16-18(14(17)20)11-6-4-10(2)5-7-11/h4-7H,3,8-9H2,1-2H3. The van der Waals surface area contributed by atoms with E-state index in [4.69, 9.17) is 4.74 Å². The van der Waals surface area contributed by atoms with Crippen molar-refractivity contribution in [3.8, 4) is 5.69 Å². The number of aryl methyl sites for hydroxylation is 1. The molecule has 0 saturated heterocycles. The topological polar surface area (TPSA) is 66.1 Å². The van der Waals surface area contributed by atoms with Crippen LogP contribution in [0.2, 0.25) is 0 Å². The van der Waals surface area contributed by atoms with Crippen LogP contribution in [0.5, 0.6) is 0 Å². The zero-order valence-corrected chi connectivity index (χ0v) is 13.5. The molecule has 0 spiro atoms. The first-order valence-corrected chi connectivity index (χ1v) is 7.40. The maximum atomic E-state index is 12.3. The van der Waals surface area contributed by atoms with E-state index in [0.717, 1.165) is 5.56 Å². The van der Waals surface area contributed by atoms with E-state index in [1.165, 1.54) is 9.25 Å². The smallest absolute Gasteiger partial charge is 0.351 e. The lowest BCUT2D eigenvalue weighted by atomic mass is 10.2. The predicted molar refractivity (Wildman–Crippen MR) is 81.5 cm³/mol. The van der Waals surface area contributed by atoms with Crippen molar-refractivity contribution in [1.29, 1.82) is 0 Å². The Morgan fingerprint density at radius 2 is 2.00 bits per heavy atom. The second-order valence-corrected chi connectivity index (χ2v) is 5.21. The Bertz CT molecular complexity index is 688. The van der Waals surface area contributed by atoms with E-state index in [-0.39, 0.29) is 24.6 Å². The van der Waals surface area contributed by atoms with Crippen molar-refractivity contribution in [2.45, 2.75) is 26.8 Å². The minimum atomic E-state index is -0.334. The Morgan fingerprint density at radius 3 is 2.62 bits per heavy atom. The number of halogens is 1. The van der Waals surface area contributed by atoms with E-state index < -0.39 is 0 Å². The van der Waals surface area contributed by atoms with E-state index in [2.05, 4.69) is 21.0 Å². The van der Waals surface area contributed by atoms with Gasteiger partial charge in [-0.1, -0.05) is 17.7 Å².